The van der Waals surface area contributed by atoms with Gasteiger partial charge in [0.05, 0.1) is 21.8 Å². The first kappa shape index (κ1) is 14.1. The van der Waals surface area contributed by atoms with Crippen LogP contribution >= 0.6 is 11.6 Å². The van der Waals surface area contributed by atoms with Gasteiger partial charge < -0.3 is 10.2 Å². The number of fused-ring (bicyclic) bond motifs is 1. The van der Waals surface area contributed by atoms with E-state index in [9.17, 15) is 14.6 Å². The maximum atomic E-state index is 13.5. The molecular formula is C16H8ClFN2O2. The van der Waals surface area contributed by atoms with E-state index in [2.05, 4.69) is 4.98 Å². The second kappa shape index (κ2) is 5.17. The van der Waals surface area contributed by atoms with E-state index in [1.54, 1.807) is 0 Å². The van der Waals surface area contributed by atoms with Crippen LogP contribution in [0.1, 0.15) is 5.56 Å². The quantitative estimate of drug-likeness (QED) is 0.712. The molecule has 0 aliphatic heterocycles. The fourth-order valence-electron chi connectivity index (χ4n) is 2.17. The van der Waals surface area contributed by atoms with Crippen molar-refractivity contribution in [1.82, 2.24) is 4.98 Å². The smallest absolute Gasteiger partial charge is 0.165 e. The molecule has 0 saturated heterocycles. The van der Waals surface area contributed by atoms with Gasteiger partial charge in [-0.1, -0.05) is 11.6 Å². The van der Waals surface area contributed by atoms with Crippen LogP contribution in [0.25, 0.3) is 22.2 Å². The molecule has 0 atom stereocenters. The van der Waals surface area contributed by atoms with E-state index in [0.29, 0.717) is 22.2 Å². The number of rotatable bonds is 1. The Hall–Kier alpha value is -2.84. The lowest BCUT2D eigenvalue weighted by Gasteiger charge is -2.08. The van der Waals surface area contributed by atoms with Gasteiger partial charge in [-0.15, -0.1) is 0 Å². The third-order valence-electron chi connectivity index (χ3n) is 3.21. The molecule has 0 radical (unpaired) electrons. The number of pyridine rings is 1. The summed E-state index contributed by atoms with van der Waals surface area (Å²) in [6.07, 6.45) is 0. The van der Waals surface area contributed by atoms with Gasteiger partial charge in [-0.3, -0.25) is 0 Å². The van der Waals surface area contributed by atoms with E-state index in [0.717, 1.165) is 6.07 Å². The van der Waals surface area contributed by atoms with Crippen molar-refractivity contribution in [1.29, 1.82) is 5.26 Å². The SMILES string of the molecule is N#Cc1cc(O)cc2c(Cl)cc(-c3ccc(O)c(F)c3)nc12. The number of nitrogens with zero attached hydrogens (tertiary/aromatic N) is 2. The van der Waals surface area contributed by atoms with Crippen molar-refractivity contribution in [3.05, 3.63) is 52.8 Å². The molecule has 3 rings (SSSR count). The van der Waals surface area contributed by atoms with Gasteiger partial charge in [-0.2, -0.15) is 5.26 Å². The van der Waals surface area contributed by atoms with Crippen LogP contribution in [0.4, 0.5) is 4.39 Å². The van der Waals surface area contributed by atoms with Crippen LogP contribution in [-0.2, 0) is 0 Å². The lowest BCUT2D eigenvalue weighted by Crippen LogP contribution is -1.91. The molecule has 0 bridgehead atoms. The molecule has 2 aromatic carbocycles. The highest BCUT2D eigenvalue weighted by atomic mass is 35.5. The Balaban J connectivity index is 2.31. The summed E-state index contributed by atoms with van der Waals surface area (Å²) in [5.74, 6) is -1.32. The highest BCUT2D eigenvalue weighted by Crippen LogP contribution is 2.33. The number of halogens is 2. The van der Waals surface area contributed by atoms with E-state index in [4.69, 9.17) is 16.9 Å². The number of hydrogen-bond acceptors (Lipinski definition) is 4. The van der Waals surface area contributed by atoms with Crippen molar-refractivity contribution in [3.63, 3.8) is 0 Å². The minimum absolute atomic E-state index is 0.0869. The number of phenolic OH excluding ortho intramolecular Hbond substituents is 2. The van der Waals surface area contributed by atoms with Gasteiger partial charge in [-0.25, -0.2) is 9.37 Å². The van der Waals surface area contributed by atoms with Crippen molar-refractivity contribution in [2.24, 2.45) is 0 Å². The molecule has 0 fully saturated rings. The topological polar surface area (TPSA) is 77.1 Å². The molecule has 2 N–H and O–H groups in total. The van der Waals surface area contributed by atoms with Crippen molar-refractivity contribution in [2.75, 3.05) is 0 Å². The Bertz CT molecular complexity index is 951. The van der Waals surface area contributed by atoms with Crippen LogP contribution in [0.15, 0.2) is 36.4 Å². The Morgan fingerprint density at radius 3 is 2.59 bits per heavy atom. The second-order valence-corrected chi connectivity index (χ2v) is 5.06. The molecule has 1 aromatic heterocycles. The maximum absolute atomic E-state index is 13.5. The summed E-state index contributed by atoms with van der Waals surface area (Å²) in [6.45, 7) is 0. The van der Waals surface area contributed by atoms with Gasteiger partial charge in [0.25, 0.3) is 0 Å². The van der Waals surface area contributed by atoms with E-state index in [-0.39, 0.29) is 16.3 Å². The summed E-state index contributed by atoms with van der Waals surface area (Å²) >= 11 is 6.18. The van der Waals surface area contributed by atoms with Crippen molar-refractivity contribution in [2.45, 2.75) is 0 Å². The van der Waals surface area contributed by atoms with E-state index in [1.807, 2.05) is 6.07 Å². The molecular weight excluding hydrogens is 307 g/mol. The van der Waals surface area contributed by atoms with Gasteiger partial charge in [0.1, 0.15) is 11.8 Å². The van der Waals surface area contributed by atoms with Gasteiger partial charge in [0.15, 0.2) is 11.6 Å². The molecule has 0 spiro atoms. The lowest BCUT2D eigenvalue weighted by molar-refractivity contribution is 0.432. The van der Waals surface area contributed by atoms with Crippen molar-refractivity contribution >= 4 is 22.5 Å². The fourth-order valence-corrected chi connectivity index (χ4v) is 2.42. The number of phenols is 2. The van der Waals surface area contributed by atoms with Gasteiger partial charge in [0.2, 0.25) is 0 Å². The van der Waals surface area contributed by atoms with Crippen LogP contribution in [0, 0.1) is 17.1 Å². The molecule has 1 heterocycles. The monoisotopic (exact) mass is 314 g/mol. The third-order valence-corrected chi connectivity index (χ3v) is 3.52. The van der Waals surface area contributed by atoms with Gasteiger partial charge >= 0.3 is 0 Å². The summed E-state index contributed by atoms with van der Waals surface area (Å²) in [7, 11) is 0. The zero-order valence-electron chi connectivity index (χ0n) is 11.0. The molecule has 3 aromatic rings. The van der Waals surface area contributed by atoms with Crippen LogP contribution in [-0.4, -0.2) is 15.2 Å². The molecule has 0 aliphatic rings. The second-order valence-electron chi connectivity index (χ2n) is 4.66. The minimum atomic E-state index is -0.776. The summed E-state index contributed by atoms with van der Waals surface area (Å²) < 4.78 is 13.5. The van der Waals surface area contributed by atoms with Crippen LogP contribution in [0.5, 0.6) is 11.5 Å². The van der Waals surface area contributed by atoms with Crippen LogP contribution in [0.3, 0.4) is 0 Å². The predicted molar refractivity (Wildman–Crippen MR) is 80.2 cm³/mol. The highest BCUT2D eigenvalue weighted by Gasteiger charge is 2.12. The zero-order valence-corrected chi connectivity index (χ0v) is 11.8. The van der Waals surface area contributed by atoms with Gasteiger partial charge in [0, 0.05) is 10.9 Å². The third kappa shape index (κ3) is 2.30. The first-order chi connectivity index (χ1) is 10.5. The van der Waals surface area contributed by atoms with Gasteiger partial charge in [-0.05, 0) is 36.4 Å². The summed E-state index contributed by atoms with van der Waals surface area (Å²) in [6, 6.07) is 9.99. The molecule has 0 aliphatic carbocycles. The van der Waals surface area contributed by atoms with E-state index < -0.39 is 11.6 Å². The van der Waals surface area contributed by atoms with Crippen molar-refractivity contribution in [3.8, 4) is 28.8 Å². The van der Waals surface area contributed by atoms with Crippen molar-refractivity contribution < 1.29 is 14.6 Å². The average molecular weight is 315 g/mol. The highest BCUT2D eigenvalue weighted by molar-refractivity contribution is 6.35. The Morgan fingerprint density at radius 1 is 1.14 bits per heavy atom. The number of aromatic nitrogens is 1. The lowest BCUT2D eigenvalue weighted by atomic mass is 10.1. The number of hydrogen-bond donors (Lipinski definition) is 2. The number of nitriles is 1. The summed E-state index contributed by atoms with van der Waals surface area (Å²) in [5.41, 5.74) is 1.25. The van der Waals surface area contributed by atoms with Crippen LogP contribution in [0.2, 0.25) is 5.02 Å². The number of aromatic hydroxyl groups is 2. The summed E-state index contributed by atoms with van der Waals surface area (Å²) in [5, 5.41) is 28.7. The summed E-state index contributed by atoms with van der Waals surface area (Å²) in [4.78, 5) is 4.32. The standard InChI is InChI=1S/C16H8ClFN2O2/c17-12-6-14(8-1-2-15(22)13(18)4-8)20-16-9(7-19)3-10(21)5-11(12)16/h1-6,21-22H. The van der Waals surface area contributed by atoms with E-state index >= 15 is 0 Å². The van der Waals surface area contributed by atoms with Crippen LogP contribution < -0.4 is 0 Å². The minimum Gasteiger partial charge on any atom is -0.508 e. The molecule has 0 amide bonds. The number of benzene rings is 2. The molecule has 108 valence electrons. The molecule has 0 saturated carbocycles. The predicted octanol–water partition coefficient (Wildman–Crippen LogP) is 3.98. The first-order valence-corrected chi connectivity index (χ1v) is 6.59. The molecule has 4 nitrogen and oxygen atoms in total. The first-order valence-electron chi connectivity index (χ1n) is 6.22. The molecule has 22 heavy (non-hydrogen) atoms. The zero-order chi connectivity index (χ0) is 15.9. The Morgan fingerprint density at radius 2 is 1.91 bits per heavy atom. The molecule has 0 unspecified atom stereocenters. The Kier molecular flexibility index (Phi) is 3.32. The Labute approximate surface area is 129 Å². The van der Waals surface area contributed by atoms with E-state index in [1.165, 1.54) is 30.3 Å². The normalized spacial score (nSPS) is 10.6. The fraction of sp³-hybridized carbons (Fsp3) is 0. The molecule has 6 heteroatoms. The average Bonchev–Trinajstić information content (AvgIpc) is 2.49. The maximum Gasteiger partial charge on any atom is 0.165 e. The largest absolute Gasteiger partial charge is 0.508 e.